The molecule has 19 heavy (non-hydrogen) atoms. The minimum atomic E-state index is -1.10. The fraction of sp³-hybridized carbons (Fsp3) is 0.333. The lowest BCUT2D eigenvalue weighted by atomic mass is 9.97. The summed E-state index contributed by atoms with van der Waals surface area (Å²) >= 11 is 0. The van der Waals surface area contributed by atoms with Crippen molar-refractivity contribution in [3.05, 3.63) is 39.4 Å². The summed E-state index contributed by atoms with van der Waals surface area (Å²) in [5, 5.41) is 19.6. The summed E-state index contributed by atoms with van der Waals surface area (Å²) < 4.78 is 0. The molecule has 7 nitrogen and oxygen atoms in total. The number of benzene rings is 1. The van der Waals surface area contributed by atoms with Gasteiger partial charge in [0.1, 0.15) is 6.04 Å². The van der Waals surface area contributed by atoms with E-state index in [-0.39, 0.29) is 11.3 Å². The molecule has 2 rings (SSSR count). The Kier molecular flexibility index (Phi) is 3.20. The van der Waals surface area contributed by atoms with Crippen LogP contribution in [0.5, 0.6) is 0 Å². The van der Waals surface area contributed by atoms with Gasteiger partial charge in [-0.05, 0) is 18.9 Å². The highest BCUT2D eigenvalue weighted by molar-refractivity contribution is 5.99. The molecule has 1 amide bonds. The number of carboxylic acid groups (broad SMARTS) is 1. The van der Waals surface area contributed by atoms with E-state index in [1.807, 2.05) is 0 Å². The number of carbonyl (C=O) groups excluding carboxylic acids is 1. The lowest BCUT2D eigenvalue weighted by molar-refractivity contribution is -0.384. The third kappa shape index (κ3) is 2.26. The maximum Gasteiger partial charge on any atom is 0.326 e. The van der Waals surface area contributed by atoms with Crippen LogP contribution in [0.1, 0.15) is 22.8 Å². The number of nitro groups is 1. The van der Waals surface area contributed by atoms with Crippen molar-refractivity contribution in [1.82, 2.24) is 4.90 Å². The number of rotatable bonds is 3. The van der Waals surface area contributed by atoms with Crippen LogP contribution < -0.4 is 0 Å². The molecule has 0 saturated heterocycles. The van der Waals surface area contributed by atoms with Crippen molar-refractivity contribution in [3.63, 3.8) is 0 Å². The number of carbonyl (C=O) groups is 2. The van der Waals surface area contributed by atoms with Gasteiger partial charge in [0, 0.05) is 24.2 Å². The van der Waals surface area contributed by atoms with Gasteiger partial charge in [-0.15, -0.1) is 0 Å². The minimum absolute atomic E-state index is 0.170. The fourth-order valence-electron chi connectivity index (χ4n) is 2.10. The quantitative estimate of drug-likeness (QED) is 0.650. The zero-order valence-electron chi connectivity index (χ0n) is 10.2. The smallest absolute Gasteiger partial charge is 0.326 e. The van der Waals surface area contributed by atoms with Gasteiger partial charge in [-0.1, -0.05) is 6.07 Å². The number of carboxylic acids is 1. The fourth-order valence-corrected chi connectivity index (χ4v) is 2.10. The first-order valence-corrected chi connectivity index (χ1v) is 5.73. The number of amides is 1. The van der Waals surface area contributed by atoms with Crippen LogP contribution in [0.4, 0.5) is 5.69 Å². The van der Waals surface area contributed by atoms with Gasteiger partial charge < -0.3 is 10.0 Å². The summed E-state index contributed by atoms with van der Waals surface area (Å²) in [5.41, 5.74) is 0.759. The van der Waals surface area contributed by atoms with Gasteiger partial charge in [0.2, 0.25) is 0 Å². The summed E-state index contributed by atoms with van der Waals surface area (Å²) in [5.74, 6) is -1.57. The van der Waals surface area contributed by atoms with Crippen LogP contribution in [0.2, 0.25) is 0 Å². The van der Waals surface area contributed by atoms with E-state index in [2.05, 4.69) is 0 Å². The van der Waals surface area contributed by atoms with Gasteiger partial charge in [0.05, 0.1) is 4.92 Å². The Morgan fingerprint density at radius 1 is 1.53 bits per heavy atom. The van der Waals surface area contributed by atoms with Crippen LogP contribution >= 0.6 is 0 Å². The summed E-state index contributed by atoms with van der Waals surface area (Å²) in [4.78, 5) is 34.5. The molecule has 1 aromatic carbocycles. The third-order valence-electron chi connectivity index (χ3n) is 3.24. The molecule has 0 saturated carbocycles. The number of hydrogen-bond acceptors (Lipinski definition) is 4. The number of fused-ring (bicyclic) bond motifs is 1. The van der Waals surface area contributed by atoms with Crippen molar-refractivity contribution >= 4 is 17.6 Å². The standard InChI is InChI=1S/C12H12N2O5/c1-7(12(16)17)13-5-4-8-2-3-9(14(18)19)6-10(8)11(13)15/h2-3,6-7H,4-5H2,1H3,(H,16,17). The lowest BCUT2D eigenvalue weighted by Crippen LogP contribution is -2.46. The van der Waals surface area contributed by atoms with Gasteiger partial charge in [0.25, 0.3) is 11.6 Å². The SMILES string of the molecule is CC(C(=O)O)N1CCc2ccc([N+](=O)[O-])cc2C1=O. The van der Waals surface area contributed by atoms with Crippen LogP contribution in [-0.4, -0.2) is 39.4 Å². The zero-order valence-corrected chi connectivity index (χ0v) is 10.2. The summed E-state index contributed by atoms with van der Waals surface area (Å²) in [6.07, 6.45) is 0.497. The van der Waals surface area contributed by atoms with Crippen molar-refractivity contribution < 1.29 is 19.6 Å². The average molecular weight is 264 g/mol. The molecule has 1 aromatic rings. The van der Waals surface area contributed by atoms with E-state index in [4.69, 9.17) is 5.11 Å². The highest BCUT2D eigenvalue weighted by atomic mass is 16.6. The molecule has 0 fully saturated rings. The molecule has 0 radical (unpaired) electrons. The largest absolute Gasteiger partial charge is 0.480 e. The second-order valence-electron chi connectivity index (χ2n) is 4.36. The molecule has 1 aliphatic rings. The second kappa shape index (κ2) is 4.68. The van der Waals surface area contributed by atoms with Crippen LogP contribution in [0.15, 0.2) is 18.2 Å². The first-order valence-electron chi connectivity index (χ1n) is 5.73. The monoisotopic (exact) mass is 264 g/mol. The van der Waals surface area contributed by atoms with Gasteiger partial charge in [-0.2, -0.15) is 0 Å². The number of nitro benzene ring substituents is 1. The van der Waals surface area contributed by atoms with E-state index < -0.39 is 22.8 Å². The van der Waals surface area contributed by atoms with Crippen LogP contribution in [0, 0.1) is 10.1 Å². The molecule has 1 aliphatic heterocycles. The predicted octanol–water partition coefficient (Wildman–Crippen LogP) is 1.07. The average Bonchev–Trinajstić information content (AvgIpc) is 2.38. The van der Waals surface area contributed by atoms with Crippen LogP contribution in [0.25, 0.3) is 0 Å². The second-order valence-corrected chi connectivity index (χ2v) is 4.36. The summed E-state index contributed by atoms with van der Waals surface area (Å²) in [6.45, 7) is 1.72. The molecule has 7 heteroatoms. The molecular formula is C12H12N2O5. The van der Waals surface area contributed by atoms with E-state index in [0.29, 0.717) is 18.5 Å². The van der Waals surface area contributed by atoms with Gasteiger partial charge >= 0.3 is 5.97 Å². The number of hydrogen-bond donors (Lipinski definition) is 1. The Labute approximate surface area is 108 Å². The van der Waals surface area contributed by atoms with Crippen molar-refractivity contribution in [3.8, 4) is 0 Å². The molecule has 0 spiro atoms. The Hall–Kier alpha value is -2.44. The number of non-ortho nitro benzene ring substituents is 1. The van der Waals surface area contributed by atoms with E-state index in [9.17, 15) is 19.7 Å². The third-order valence-corrected chi connectivity index (χ3v) is 3.24. The zero-order chi connectivity index (χ0) is 14.2. The highest BCUT2D eigenvalue weighted by Gasteiger charge is 2.32. The summed E-state index contributed by atoms with van der Waals surface area (Å²) in [6, 6.07) is 3.16. The Morgan fingerprint density at radius 2 is 2.21 bits per heavy atom. The van der Waals surface area contributed by atoms with Crippen molar-refractivity contribution in [2.45, 2.75) is 19.4 Å². The number of aliphatic carboxylic acids is 1. The molecule has 0 aromatic heterocycles. The van der Waals surface area contributed by atoms with Gasteiger partial charge in [0.15, 0.2) is 0 Å². The van der Waals surface area contributed by atoms with Crippen LogP contribution in [-0.2, 0) is 11.2 Å². The lowest BCUT2D eigenvalue weighted by Gasteiger charge is -2.31. The van der Waals surface area contributed by atoms with Gasteiger partial charge in [-0.3, -0.25) is 14.9 Å². The van der Waals surface area contributed by atoms with E-state index in [1.165, 1.54) is 24.0 Å². The maximum absolute atomic E-state index is 12.2. The normalized spacial score (nSPS) is 15.8. The Balaban J connectivity index is 2.39. The minimum Gasteiger partial charge on any atom is -0.480 e. The Bertz CT molecular complexity index is 569. The topological polar surface area (TPSA) is 101 Å². The van der Waals surface area contributed by atoms with E-state index in [1.54, 1.807) is 6.07 Å². The summed E-state index contributed by atoms with van der Waals surface area (Å²) in [7, 11) is 0. The molecule has 0 aliphatic carbocycles. The maximum atomic E-state index is 12.2. The van der Waals surface area contributed by atoms with E-state index in [0.717, 1.165) is 0 Å². The molecule has 1 N–H and O–H groups in total. The molecule has 1 unspecified atom stereocenters. The molecular weight excluding hydrogens is 252 g/mol. The molecule has 1 atom stereocenters. The van der Waals surface area contributed by atoms with Crippen molar-refractivity contribution in [2.75, 3.05) is 6.54 Å². The molecule has 100 valence electrons. The predicted molar refractivity (Wildman–Crippen MR) is 64.9 cm³/mol. The van der Waals surface area contributed by atoms with Gasteiger partial charge in [-0.25, -0.2) is 4.79 Å². The first-order chi connectivity index (χ1) is 8.91. The van der Waals surface area contributed by atoms with E-state index >= 15 is 0 Å². The van der Waals surface area contributed by atoms with Crippen molar-refractivity contribution in [2.24, 2.45) is 0 Å². The van der Waals surface area contributed by atoms with Crippen molar-refractivity contribution in [1.29, 1.82) is 0 Å². The van der Waals surface area contributed by atoms with Crippen LogP contribution in [0.3, 0.4) is 0 Å². The first kappa shape index (κ1) is 13.0. The number of nitrogens with zero attached hydrogens (tertiary/aromatic N) is 2. The molecule has 1 heterocycles. The molecule has 0 bridgehead atoms. The highest BCUT2D eigenvalue weighted by Crippen LogP contribution is 2.24. The Morgan fingerprint density at radius 3 is 2.79 bits per heavy atom.